The fraction of sp³-hybridized carbons (Fsp3) is 0.294. The molecule has 2 aromatic rings. The van der Waals surface area contributed by atoms with Crippen LogP contribution in [0.3, 0.4) is 0 Å². The molecule has 0 unspecified atom stereocenters. The Morgan fingerprint density at radius 3 is 2.96 bits per heavy atom. The first-order valence-electron chi connectivity index (χ1n) is 7.80. The molecule has 7 nitrogen and oxygen atoms in total. The molecule has 1 fully saturated rings. The third-order valence-corrected chi connectivity index (χ3v) is 4.05. The third-order valence-electron chi connectivity index (χ3n) is 4.05. The van der Waals surface area contributed by atoms with Gasteiger partial charge in [0.25, 0.3) is 11.8 Å². The van der Waals surface area contributed by atoms with Crippen molar-refractivity contribution in [2.75, 3.05) is 26.7 Å². The molecule has 3 rings (SSSR count). The van der Waals surface area contributed by atoms with Crippen molar-refractivity contribution in [2.45, 2.75) is 6.04 Å². The summed E-state index contributed by atoms with van der Waals surface area (Å²) in [7, 11) is 1.60. The van der Waals surface area contributed by atoms with Gasteiger partial charge >= 0.3 is 0 Å². The Kier molecular flexibility index (Phi) is 4.81. The van der Waals surface area contributed by atoms with Crippen molar-refractivity contribution in [3.8, 4) is 0 Å². The molecule has 0 bridgehead atoms. The molecule has 0 spiro atoms. The summed E-state index contributed by atoms with van der Waals surface area (Å²) in [6.45, 7) is 1.92. The van der Waals surface area contributed by atoms with Crippen molar-refractivity contribution in [3.63, 3.8) is 0 Å². The van der Waals surface area contributed by atoms with Crippen LogP contribution in [0.5, 0.6) is 0 Å². The fourth-order valence-electron chi connectivity index (χ4n) is 2.83. The molecule has 1 aromatic heterocycles. The molecule has 2 N–H and O–H groups in total. The molecule has 0 saturated carbocycles. The summed E-state index contributed by atoms with van der Waals surface area (Å²) in [5.74, 6) is -0.299. The van der Waals surface area contributed by atoms with E-state index in [1.165, 1.54) is 12.4 Å². The zero-order valence-electron chi connectivity index (χ0n) is 13.4. The number of hydrogen-bond donors (Lipinski definition) is 2. The van der Waals surface area contributed by atoms with Gasteiger partial charge < -0.3 is 15.5 Å². The lowest BCUT2D eigenvalue weighted by molar-refractivity contribution is 0.0627. The first-order valence-corrected chi connectivity index (χ1v) is 7.80. The zero-order valence-corrected chi connectivity index (χ0v) is 13.4. The second kappa shape index (κ2) is 7.18. The summed E-state index contributed by atoms with van der Waals surface area (Å²) in [5, 5.41) is 5.92. The van der Waals surface area contributed by atoms with E-state index in [0.717, 1.165) is 12.1 Å². The van der Waals surface area contributed by atoms with E-state index in [2.05, 4.69) is 20.6 Å². The van der Waals surface area contributed by atoms with Crippen LogP contribution in [0.15, 0.2) is 42.9 Å². The maximum atomic E-state index is 12.8. The summed E-state index contributed by atoms with van der Waals surface area (Å²) in [4.78, 5) is 34.5. The minimum atomic E-state index is -0.155. The van der Waals surface area contributed by atoms with Crippen molar-refractivity contribution in [3.05, 3.63) is 59.7 Å². The molecule has 2 heterocycles. The monoisotopic (exact) mass is 325 g/mol. The zero-order chi connectivity index (χ0) is 16.9. The predicted octanol–water partition coefficient (Wildman–Crippen LogP) is 0.623. The van der Waals surface area contributed by atoms with Crippen LogP contribution in [0, 0.1) is 0 Å². The number of amides is 2. The number of nitrogens with one attached hydrogen (secondary N) is 2. The molecule has 1 aliphatic heterocycles. The molecular weight excluding hydrogens is 306 g/mol. The first-order chi connectivity index (χ1) is 11.7. The predicted molar refractivity (Wildman–Crippen MR) is 88.5 cm³/mol. The second-order valence-corrected chi connectivity index (χ2v) is 5.51. The molecule has 7 heteroatoms. The summed E-state index contributed by atoms with van der Waals surface area (Å²) in [5.41, 5.74) is 1.82. The summed E-state index contributed by atoms with van der Waals surface area (Å²) >= 11 is 0. The van der Waals surface area contributed by atoms with Gasteiger partial charge in [-0.25, -0.2) is 4.98 Å². The van der Waals surface area contributed by atoms with Gasteiger partial charge in [-0.3, -0.25) is 14.6 Å². The highest BCUT2D eigenvalue weighted by molar-refractivity contribution is 5.94. The van der Waals surface area contributed by atoms with Crippen molar-refractivity contribution >= 4 is 11.8 Å². The Labute approximate surface area is 140 Å². The van der Waals surface area contributed by atoms with Gasteiger partial charge in [0.05, 0.1) is 12.2 Å². The van der Waals surface area contributed by atoms with Gasteiger partial charge in [-0.2, -0.15) is 0 Å². The van der Waals surface area contributed by atoms with E-state index >= 15 is 0 Å². The van der Waals surface area contributed by atoms with Gasteiger partial charge in [-0.15, -0.1) is 0 Å². The van der Waals surface area contributed by atoms with Crippen LogP contribution in [0.25, 0.3) is 0 Å². The SMILES string of the molecule is CNC(=O)c1cccc([C@@H]2CNCCN2C(=O)c2cnccn2)c1. The van der Waals surface area contributed by atoms with Crippen LogP contribution >= 0.6 is 0 Å². The Hall–Kier alpha value is -2.80. The van der Waals surface area contributed by atoms with E-state index in [0.29, 0.717) is 24.3 Å². The Bertz CT molecular complexity index is 735. The Morgan fingerprint density at radius 1 is 1.33 bits per heavy atom. The lowest BCUT2D eigenvalue weighted by Gasteiger charge is -2.36. The molecule has 24 heavy (non-hydrogen) atoms. The van der Waals surface area contributed by atoms with Gasteiger partial charge in [-0.1, -0.05) is 12.1 Å². The van der Waals surface area contributed by atoms with E-state index in [-0.39, 0.29) is 17.9 Å². The number of carbonyl (C=O) groups excluding carboxylic acids is 2. The van der Waals surface area contributed by atoms with Gasteiger partial charge in [-0.05, 0) is 17.7 Å². The van der Waals surface area contributed by atoms with E-state index in [1.54, 1.807) is 24.2 Å². The second-order valence-electron chi connectivity index (χ2n) is 5.51. The lowest BCUT2D eigenvalue weighted by Crippen LogP contribution is -2.49. The fourth-order valence-corrected chi connectivity index (χ4v) is 2.83. The lowest BCUT2D eigenvalue weighted by atomic mass is 10.00. The highest BCUT2D eigenvalue weighted by Crippen LogP contribution is 2.24. The smallest absolute Gasteiger partial charge is 0.274 e. The quantitative estimate of drug-likeness (QED) is 0.864. The summed E-state index contributed by atoms with van der Waals surface area (Å²) in [6, 6.07) is 7.19. The van der Waals surface area contributed by atoms with E-state index in [9.17, 15) is 9.59 Å². The Balaban J connectivity index is 1.90. The Morgan fingerprint density at radius 2 is 2.21 bits per heavy atom. The highest BCUT2D eigenvalue weighted by Gasteiger charge is 2.29. The number of aromatic nitrogens is 2. The van der Waals surface area contributed by atoms with E-state index < -0.39 is 0 Å². The van der Waals surface area contributed by atoms with Crippen LogP contribution in [0.2, 0.25) is 0 Å². The van der Waals surface area contributed by atoms with Gasteiger partial charge in [0.1, 0.15) is 5.69 Å². The largest absolute Gasteiger partial charge is 0.355 e. The van der Waals surface area contributed by atoms with Crippen molar-refractivity contribution < 1.29 is 9.59 Å². The number of hydrogen-bond acceptors (Lipinski definition) is 5. The van der Waals surface area contributed by atoms with Crippen molar-refractivity contribution in [1.29, 1.82) is 0 Å². The minimum Gasteiger partial charge on any atom is -0.355 e. The number of benzene rings is 1. The molecule has 0 aliphatic carbocycles. The van der Waals surface area contributed by atoms with E-state index in [1.807, 2.05) is 18.2 Å². The number of piperazine rings is 1. The maximum absolute atomic E-state index is 12.8. The molecule has 1 saturated heterocycles. The number of carbonyl (C=O) groups is 2. The van der Waals surface area contributed by atoms with Gasteiger partial charge in [0.2, 0.25) is 0 Å². The molecule has 124 valence electrons. The van der Waals surface area contributed by atoms with Gasteiger partial charge in [0.15, 0.2) is 0 Å². The normalized spacial score (nSPS) is 17.4. The molecule has 2 amide bonds. The molecule has 0 radical (unpaired) electrons. The number of rotatable bonds is 3. The molecule has 1 atom stereocenters. The number of nitrogens with zero attached hydrogens (tertiary/aromatic N) is 3. The van der Waals surface area contributed by atoms with E-state index in [4.69, 9.17) is 0 Å². The topological polar surface area (TPSA) is 87.2 Å². The maximum Gasteiger partial charge on any atom is 0.274 e. The molecular formula is C17H19N5O2. The van der Waals surface area contributed by atoms with Crippen molar-refractivity contribution in [1.82, 2.24) is 25.5 Å². The average Bonchev–Trinajstić information content (AvgIpc) is 2.67. The third kappa shape index (κ3) is 3.26. The minimum absolute atomic E-state index is 0.146. The van der Waals surface area contributed by atoms with Crippen LogP contribution in [0.1, 0.15) is 32.5 Å². The van der Waals surface area contributed by atoms with Crippen LogP contribution < -0.4 is 10.6 Å². The van der Waals surface area contributed by atoms with Crippen LogP contribution in [-0.2, 0) is 0 Å². The van der Waals surface area contributed by atoms with Crippen LogP contribution in [0.4, 0.5) is 0 Å². The van der Waals surface area contributed by atoms with Gasteiger partial charge in [0, 0.05) is 44.6 Å². The van der Waals surface area contributed by atoms with Crippen molar-refractivity contribution in [2.24, 2.45) is 0 Å². The summed E-state index contributed by atoms with van der Waals surface area (Å²) < 4.78 is 0. The average molecular weight is 325 g/mol. The summed E-state index contributed by atoms with van der Waals surface area (Å²) in [6.07, 6.45) is 4.53. The standard InChI is InChI=1S/C17H19N5O2/c1-18-16(23)13-4-2-3-12(9-13)15-11-20-7-8-22(15)17(24)14-10-19-5-6-21-14/h2-6,9-10,15,20H,7-8,11H2,1H3,(H,18,23)/t15-/m0/s1. The highest BCUT2D eigenvalue weighted by atomic mass is 16.2. The van der Waals surface area contributed by atoms with Crippen LogP contribution in [-0.4, -0.2) is 53.4 Å². The molecule has 1 aliphatic rings. The first kappa shape index (κ1) is 16.1. The molecule has 1 aromatic carbocycles.